The van der Waals surface area contributed by atoms with Crippen molar-refractivity contribution in [2.45, 2.75) is 0 Å². The SMILES string of the molecule is O=C(O)c1cc2cc(F)c(F)cc2nc1Cl. The van der Waals surface area contributed by atoms with Crippen molar-refractivity contribution in [3.05, 3.63) is 40.6 Å². The zero-order chi connectivity index (χ0) is 11.9. The molecule has 0 saturated carbocycles. The van der Waals surface area contributed by atoms with Gasteiger partial charge in [0.1, 0.15) is 5.15 Å². The maximum Gasteiger partial charge on any atom is 0.338 e. The molecule has 0 aliphatic heterocycles. The van der Waals surface area contributed by atoms with Gasteiger partial charge in [-0.3, -0.25) is 0 Å². The molecule has 0 atom stereocenters. The molecule has 16 heavy (non-hydrogen) atoms. The molecule has 0 aliphatic rings. The first-order valence-electron chi connectivity index (χ1n) is 4.17. The molecule has 0 fully saturated rings. The van der Waals surface area contributed by atoms with E-state index in [9.17, 15) is 13.6 Å². The van der Waals surface area contributed by atoms with E-state index in [1.807, 2.05) is 0 Å². The van der Waals surface area contributed by atoms with Crippen molar-refractivity contribution in [3.8, 4) is 0 Å². The lowest BCUT2D eigenvalue weighted by molar-refractivity contribution is 0.0697. The highest BCUT2D eigenvalue weighted by Crippen LogP contribution is 2.22. The predicted molar refractivity (Wildman–Crippen MR) is 53.6 cm³/mol. The molecule has 1 heterocycles. The number of pyridine rings is 1. The number of aromatic nitrogens is 1. The number of aromatic carboxylic acids is 1. The number of hydrogen-bond acceptors (Lipinski definition) is 2. The number of carboxylic acids is 1. The first kappa shape index (κ1) is 10.8. The fourth-order valence-corrected chi connectivity index (χ4v) is 1.52. The van der Waals surface area contributed by atoms with Gasteiger partial charge in [-0.15, -0.1) is 0 Å². The first-order chi connectivity index (χ1) is 7.49. The summed E-state index contributed by atoms with van der Waals surface area (Å²) in [5, 5.41) is 8.68. The van der Waals surface area contributed by atoms with E-state index in [-0.39, 0.29) is 21.6 Å². The molecule has 1 aromatic heterocycles. The van der Waals surface area contributed by atoms with Crippen LogP contribution in [0.2, 0.25) is 5.15 Å². The van der Waals surface area contributed by atoms with Crippen LogP contribution in [0.3, 0.4) is 0 Å². The molecular weight excluding hydrogens is 240 g/mol. The van der Waals surface area contributed by atoms with Crippen molar-refractivity contribution in [3.63, 3.8) is 0 Å². The van der Waals surface area contributed by atoms with Crippen LogP contribution in [-0.2, 0) is 0 Å². The molecule has 0 aliphatic carbocycles. The molecule has 0 radical (unpaired) electrons. The molecule has 2 rings (SSSR count). The number of fused-ring (bicyclic) bond motifs is 1. The van der Waals surface area contributed by atoms with Gasteiger partial charge in [0, 0.05) is 11.5 Å². The monoisotopic (exact) mass is 243 g/mol. The van der Waals surface area contributed by atoms with E-state index in [0.717, 1.165) is 18.2 Å². The standard InChI is InChI=1S/C10H4ClF2NO2/c11-9-5(10(15)16)1-4-2-6(12)7(13)3-8(4)14-9/h1-3H,(H,15,16). The maximum absolute atomic E-state index is 12.9. The molecule has 0 bridgehead atoms. The lowest BCUT2D eigenvalue weighted by Gasteiger charge is -2.02. The van der Waals surface area contributed by atoms with Crippen LogP contribution in [0.1, 0.15) is 10.4 Å². The molecule has 0 amide bonds. The first-order valence-corrected chi connectivity index (χ1v) is 4.55. The van der Waals surface area contributed by atoms with Gasteiger partial charge in [-0.2, -0.15) is 0 Å². The van der Waals surface area contributed by atoms with Crippen LogP contribution in [0.4, 0.5) is 8.78 Å². The molecule has 0 saturated heterocycles. The van der Waals surface area contributed by atoms with Crippen LogP contribution in [-0.4, -0.2) is 16.1 Å². The Labute approximate surface area is 93.3 Å². The van der Waals surface area contributed by atoms with E-state index in [1.165, 1.54) is 0 Å². The molecule has 3 nitrogen and oxygen atoms in total. The summed E-state index contributed by atoms with van der Waals surface area (Å²) in [6.45, 7) is 0. The van der Waals surface area contributed by atoms with Crippen LogP contribution in [0.5, 0.6) is 0 Å². The summed E-state index contributed by atoms with van der Waals surface area (Å²) in [6, 6.07) is 2.89. The van der Waals surface area contributed by atoms with Gasteiger partial charge in [0.2, 0.25) is 0 Å². The fourth-order valence-electron chi connectivity index (χ4n) is 1.30. The molecule has 1 N–H and O–H groups in total. The van der Waals surface area contributed by atoms with Crippen molar-refractivity contribution in [2.24, 2.45) is 0 Å². The molecule has 82 valence electrons. The van der Waals surface area contributed by atoms with E-state index < -0.39 is 17.6 Å². The van der Waals surface area contributed by atoms with E-state index in [0.29, 0.717) is 0 Å². The molecule has 1 aromatic carbocycles. The Kier molecular flexibility index (Phi) is 2.47. The Morgan fingerprint density at radius 3 is 2.50 bits per heavy atom. The highest BCUT2D eigenvalue weighted by Gasteiger charge is 2.13. The minimum Gasteiger partial charge on any atom is -0.478 e. The van der Waals surface area contributed by atoms with Gasteiger partial charge in [-0.25, -0.2) is 18.6 Å². The Bertz CT molecular complexity index is 601. The van der Waals surface area contributed by atoms with Crippen molar-refractivity contribution in [1.82, 2.24) is 4.98 Å². The Morgan fingerprint density at radius 1 is 1.25 bits per heavy atom. The van der Waals surface area contributed by atoms with Gasteiger partial charge in [-0.1, -0.05) is 11.6 Å². The number of hydrogen-bond donors (Lipinski definition) is 1. The number of halogens is 3. The van der Waals surface area contributed by atoms with Crippen LogP contribution < -0.4 is 0 Å². The summed E-state index contributed by atoms with van der Waals surface area (Å²) in [5.74, 6) is -3.39. The molecule has 0 spiro atoms. The van der Waals surface area contributed by atoms with Crippen LogP contribution >= 0.6 is 11.6 Å². The average Bonchev–Trinajstić information content (AvgIpc) is 2.19. The summed E-state index contributed by atoms with van der Waals surface area (Å²) in [4.78, 5) is 14.4. The summed E-state index contributed by atoms with van der Waals surface area (Å²) >= 11 is 5.58. The number of carboxylic acid groups (broad SMARTS) is 1. The third-order valence-corrected chi connectivity index (χ3v) is 2.33. The average molecular weight is 244 g/mol. The van der Waals surface area contributed by atoms with E-state index >= 15 is 0 Å². The van der Waals surface area contributed by atoms with Crippen LogP contribution in [0.25, 0.3) is 10.9 Å². The predicted octanol–water partition coefficient (Wildman–Crippen LogP) is 2.86. The number of benzene rings is 1. The van der Waals surface area contributed by atoms with Gasteiger partial charge in [0.15, 0.2) is 11.6 Å². The number of nitrogens with zero attached hydrogens (tertiary/aromatic N) is 1. The van der Waals surface area contributed by atoms with Crippen molar-refractivity contribution < 1.29 is 18.7 Å². The highest BCUT2D eigenvalue weighted by molar-refractivity contribution is 6.32. The van der Waals surface area contributed by atoms with Crippen LogP contribution in [0, 0.1) is 11.6 Å². The second-order valence-electron chi connectivity index (χ2n) is 3.09. The Hall–Kier alpha value is -1.75. The molecule has 2 aromatic rings. The largest absolute Gasteiger partial charge is 0.478 e. The zero-order valence-corrected chi connectivity index (χ0v) is 8.42. The smallest absolute Gasteiger partial charge is 0.338 e. The van der Waals surface area contributed by atoms with Crippen molar-refractivity contribution in [2.75, 3.05) is 0 Å². The second kappa shape index (κ2) is 3.68. The number of rotatable bonds is 1. The third-order valence-electron chi connectivity index (χ3n) is 2.04. The second-order valence-corrected chi connectivity index (χ2v) is 3.45. The van der Waals surface area contributed by atoms with E-state index in [4.69, 9.17) is 16.7 Å². The lowest BCUT2D eigenvalue weighted by atomic mass is 10.1. The molecule has 0 unspecified atom stereocenters. The minimum absolute atomic E-state index is 0.105. The quantitative estimate of drug-likeness (QED) is 0.784. The van der Waals surface area contributed by atoms with Crippen LogP contribution in [0.15, 0.2) is 18.2 Å². The van der Waals surface area contributed by atoms with E-state index in [1.54, 1.807) is 0 Å². The Balaban J connectivity index is 2.79. The summed E-state index contributed by atoms with van der Waals surface area (Å²) < 4.78 is 25.8. The van der Waals surface area contributed by atoms with Gasteiger partial charge in [0.05, 0.1) is 11.1 Å². The molecular formula is C10H4ClF2NO2. The normalized spacial score (nSPS) is 10.7. The van der Waals surface area contributed by atoms with E-state index in [2.05, 4.69) is 4.98 Å². The minimum atomic E-state index is -1.27. The molecule has 6 heteroatoms. The highest BCUT2D eigenvalue weighted by atomic mass is 35.5. The Morgan fingerprint density at radius 2 is 1.88 bits per heavy atom. The topological polar surface area (TPSA) is 50.2 Å². The van der Waals surface area contributed by atoms with Crippen molar-refractivity contribution in [1.29, 1.82) is 0 Å². The lowest BCUT2D eigenvalue weighted by Crippen LogP contribution is -2.00. The zero-order valence-electron chi connectivity index (χ0n) is 7.67. The maximum atomic E-state index is 12.9. The van der Waals surface area contributed by atoms with Gasteiger partial charge < -0.3 is 5.11 Å². The summed E-state index contributed by atoms with van der Waals surface area (Å²) in [6.07, 6.45) is 0. The van der Waals surface area contributed by atoms with Crippen molar-refractivity contribution >= 4 is 28.5 Å². The van der Waals surface area contributed by atoms with Gasteiger partial charge in [0.25, 0.3) is 0 Å². The third kappa shape index (κ3) is 1.69. The fraction of sp³-hybridized carbons (Fsp3) is 0. The van der Waals surface area contributed by atoms with Gasteiger partial charge >= 0.3 is 5.97 Å². The summed E-state index contributed by atoms with van der Waals surface area (Å²) in [7, 11) is 0. The summed E-state index contributed by atoms with van der Waals surface area (Å²) in [5.41, 5.74) is -0.144. The van der Waals surface area contributed by atoms with Gasteiger partial charge in [-0.05, 0) is 12.1 Å². The number of carbonyl (C=O) groups is 1.